The number of rotatable bonds is 12. The summed E-state index contributed by atoms with van der Waals surface area (Å²) in [7, 11) is -3.85. The molecule has 0 aliphatic rings. The second-order valence-corrected chi connectivity index (χ2v) is 13.4. The van der Waals surface area contributed by atoms with Crippen molar-refractivity contribution >= 4 is 50.7 Å². The summed E-state index contributed by atoms with van der Waals surface area (Å²) in [6, 6.07) is 18.7. The summed E-state index contributed by atoms with van der Waals surface area (Å²) < 4.78 is 27.1. The number of nitrogens with one attached hydrogen (secondary N) is 1. The molecule has 0 heterocycles. The van der Waals surface area contributed by atoms with Crippen LogP contribution in [-0.4, -0.2) is 50.5 Å². The van der Waals surface area contributed by atoms with E-state index >= 15 is 0 Å². The fourth-order valence-corrected chi connectivity index (χ4v) is 5.87. The van der Waals surface area contributed by atoms with E-state index in [1.165, 1.54) is 4.90 Å². The van der Waals surface area contributed by atoms with E-state index in [4.69, 9.17) is 23.2 Å². The molecule has 0 unspecified atom stereocenters. The molecule has 0 aliphatic heterocycles. The Morgan fingerprint density at radius 1 is 0.951 bits per heavy atom. The number of carbonyl (C=O) groups is 2. The number of halogens is 2. The highest BCUT2D eigenvalue weighted by Gasteiger charge is 2.33. The largest absolute Gasteiger partial charge is 0.354 e. The van der Waals surface area contributed by atoms with Crippen molar-refractivity contribution in [3.8, 4) is 0 Å². The fraction of sp³-hybridized carbons (Fsp3) is 0.355. The normalized spacial score (nSPS) is 12.2. The summed E-state index contributed by atoms with van der Waals surface area (Å²) in [5.41, 5.74) is 3.52. The monoisotopic (exact) mass is 617 g/mol. The van der Waals surface area contributed by atoms with Gasteiger partial charge in [0, 0.05) is 29.6 Å². The van der Waals surface area contributed by atoms with Gasteiger partial charge >= 0.3 is 0 Å². The highest BCUT2D eigenvalue weighted by atomic mass is 35.5. The first-order valence-corrected chi connectivity index (χ1v) is 16.0. The zero-order valence-electron chi connectivity index (χ0n) is 24.0. The summed E-state index contributed by atoms with van der Waals surface area (Å²) in [6.07, 6.45) is 1.29. The second kappa shape index (κ2) is 14.2. The third-order valence-electron chi connectivity index (χ3n) is 6.61. The molecule has 1 N–H and O–H groups in total. The maximum absolute atomic E-state index is 14.2. The number of anilines is 1. The first-order valence-electron chi connectivity index (χ1n) is 13.4. The van der Waals surface area contributed by atoms with E-state index in [2.05, 4.69) is 5.32 Å². The van der Waals surface area contributed by atoms with Crippen LogP contribution in [0.2, 0.25) is 10.0 Å². The number of hydrogen-bond acceptors (Lipinski definition) is 4. The molecule has 2 amide bonds. The van der Waals surface area contributed by atoms with Gasteiger partial charge in [0.25, 0.3) is 0 Å². The number of carbonyl (C=O) groups excluding carboxylic acids is 2. The average molecular weight is 619 g/mol. The predicted molar refractivity (Wildman–Crippen MR) is 167 cm³/mol. The summed E-state index contributed by atoms with van der Waals surface area (Å²) in [5.74, 6) is -0.683. The molecule has 0 saturated heterocycles. The molecular formula is C31H37Cl2N3O4S. The summed E-state index contributed by atoms with van der Waals surface area (Å²) in [6.45, 7) is 7.59. The molecule has 1 atom stereocenters. The third-order valence-corrected chi connectivity index (χ3v) is 8.33. The Kier molecular flexibility index (Phi) is 11.2. The SMILES string of the molecule is Cc1ccc(N(CC(=O)N(Cc2ccc(Cl)cc2Cl)[C@H](Cc2ccccc2)C(=O)NCC(C)C)S(C)(=O)=O)c(C)c1. The van der Waals surface area contributed by atoms with Crippen LogP contribution in [0.5, 0.6) is 0 Å². The first-order chi connectivity index (χ1) is 19.3. The van der Waals surface area contributed by atoms with Gasteiger partial charge in [0.2, 0.25) is 21.8 Å². The van der Waals surface area contributed by atoms with Crippen molar-refractivity contribution in [2.24, 2.45) is 5.92 Å². The van der Waals surface area contributed by atoms with Crippen LogP contribution in [0.15, 0.2) is 66.7 Å². The van der Waals surface area contributed by atoms with Crippen LogP contribution >= 0.6 is 23.2 Å². The van der Waals surface area contributed by atoms with Gasteiger partial charge in [-0.2, -0.15) is 0 Å². The molecular weight excluding hydrogens is 581 g/mol. The van der Waals surface area contributed by atoms with Gasteiger partial charge < -0.3 is 10.2 Å². The van der Waals surface area contributed by atoms with Crippen LogP contribution in [0.3, 0.4) is 0 Å². The predicted octanol–water partition coefficient (Wildman–Crippen LogP) is 5.79. The fourth-order valence-electron chi connectivity index (χ4n) is 4.49. The van der Waals surface area contributed by atoms with Crippen LogP contribution in [0.25, 0.3) is 0 Å². The molecule has 0 fully saturated rings. The Morgan fingerprint density at radius 3 is 2.22 bits per heavy atom. The maximum Gasteiger partial charge on any atom is 0.244 e. The molecule has 41 heavy (non-hydrogen) atoms. The van der Waals surface area contributed by atoms with Gasteiger partial charge in [-0.25, -0.2) is 8.42 Å². The van der Waals surface area contributed by atoms with Crippen LogP contribution in [-0.2, 0) is 32.6 Å². The van der Waals surface area contributed by atoms with Crippen molar-refractivity contribution in [1.82, 2.24) is 10.2 Å². The summed E-state index contributed by atoms with van der Waals surface area (Å²) in [5, 5.41) is 3.73. The Balaban J connectivity index is 2.09. The summed E-state index contributed by atoms with van der Waals surface area (Å²) >= 11 is 12.6. The minimum absolute atomic E-state index is 0.0219. The van der Waals surface area contributed by atoms with Gasteiger partial charge in [-0.1, -0.05) is 91.1 Å². The number of benzene rings is 3. The molecule has 10 heteroatoms. The quantitative estimate of drug-likeness (QED) is 0.279. The van der Waals surface area contributed by atoms with Crippen molar-refractivity contribution in [2.45, 2.75) is 46.7 Å². The van der Waals surface area contributed by atoms with Crippen molar-refractivity contribution in [3.05, 3.63) is 99.0 Å². The van der Waals surface area contributed by atoms with Crippen LogP contribution in [0.1, 0.15) is 36.1 Å². The highest BCUT2D eigenvalue weighted by molar-refractivity contribution is 7.92. The zero-order chi connectivity index (χ0) is 30.3. The van der Waals surface area contributed by atoms with E-state index < -0.39 is 28.5 Å². The average Bonchev–Trinajstić information content (AvgIpc) is 2.89. The molecule has 0 aliphatic carbocycles. The lowest BCUT2D eigenvalue weighted by atomic mass is 10.0. The van der Waals surface area contributed by atoms with E-state index in [0.29, 0.717) is 33.4 Å². The molecule has 7 nitrogen and oxygen atoms in total. The smallest absolute Gasteiger partial charge is 0.244 e. The molecule has 0 radical (unpaired) electrons. The van der Waals surface area contributed by atoms with Gasteiger partial charge in [0.05, 0.1) is 11.9 Å². The molecule has 0 saturated carbocycles. The van der Waals surface area contributed by atoms with Crippen LogP contribution in [0, 0.1) is 19.8 Å². The molecule has 0 aromatic heterocycles. The lowest BCUT2D eigenvalue weighted by molar-refractivity contribution is -0.140. The first kappa shape index (κ1) is 32.4. The minimum atomic E-state index is -3.85. The van der Waals surface area contributed by atoms with Gasteiger partial charge in [0.15, 0.2) is 0 Å². The van der Waals surface area contributed by atoms with E-state index in [0.717, 1.165) is 21.7 Å². The Labute approximate surface area is 253 Å². The van der Waals surface area contributed by atoms with E-state index in [9.17, 15) is 18.0 Å². The second-order valence-electron chi connectivity index (χ2n) is 10.7. The van der Waals surface area contributed by atoms with Crippen molar-refractivity contribution < 1.29 is 18.0 Å². The van der Waals surface area contributed by atoms with Crippen molar-refractivity contribution in [2.75, 3.05) is 23.7 Å². The van der Waals surface area contributed by atoms with Crippen molar-refractivity contribution in [3.63, 3.8) is 0 Å². The molecule has 3 aromatic rings. The number of sulfonamides is 1. The minimum Gasteiger partial charge on any atom is -0.354 e. The maximum atomic E-state index is 14.2. The highest BCUT2D eigenvalue weighted by Crippen LogP contribution is 2.27. The lowest BCUT2D eigenvalue weighted by Gasteiger charge is -2.34. The van der Waals surface area contributed by atoms with Crippen LogP contribution < -0.4 is 9.62 Å². The van der Waals surface area contributed by atoms with Gasteiger partial charge in [0.1, 0.15) is 12.6 Å². The number of amides is 2. The standard InChI is InChI=1S/C31H37Cl2N3O4S/c1-21(2)18-34-31(38)29(16-24-9-7-6-8-10-24)35(19-25-12-13-26(32)17-27(25)33)30(37)20-36(41(5,39)40)28-14-11-22(3)15-23(28)4/h6-15,17,21,29H,16,18-20H2,1-5H3,(H,34,38)/t29-/m1/s1. The molecule has 3 aromatic carbocycles. The van der Waals surface area contributed by atoms with Gasteiger partial charge in [-0.05, 0) is 54.7 Å². The molecule has 0 spiro atoms. The van der Waals surface area contributed by atoms with Crippen LogP contribution in [0.4, 0.5) is 5.69 Å². The summed E-state index contributed by atoms with van der Waals surface area (Å²) in [4.78, 5) is 29.3. The van der Waals surface area contributed by atoms with E-state index in [1.807, 2.05) is 57.2 Å². The number of hydrogen-bond donors (Lipinski definition) is 1. The van der Waals surface area contributed by atoms with Gasteiger partial charge in [-0.3, -0.25) is 13.9 Å². The number of aryl methyl sites for hydroxylation is 2. The lowest BCUT2D eigenvalue weighted by Crippen LogP contribution is -2.53. The topological polar surface area (TPSA) is 86.8 Å². The van der Waals surface area contributed by atoms with Crippen molar-refractivity contribution in [1.29, 1.82) is 0 Å². The molecule has 3 rings (SSSR count). The Morgan fingerprint density at radius 2 is 1.63 bits per heavy atom. The zero-order valence-corrected chi connectivity index (χ0v) is 26.4. The molecule has 220 valence electrons. The van der Waals surface area contributed by atoms with Gasteiger partial charge in [-0.15, -0.1) is 0 Å². The third kappa shape index (κ3) is 9.21. The molecule has 0 bridgehead atoms. The Bertz CT molecular complexity index is 1480. The van der Waals surface area contributed by atoms with E-state index in [-0.39, 0.29) is 24.8 Å². The van der Waals surface area contributed by atoms with E-state index in [1.54, 1.807) is 37.3 Å². The number of nitrogens with zero attached hydrogens (tertiary/aromatic N) is 2. The Hall–Kier alpha value is -3.07.